The van der Waals surface area contributed by atoms with Crippen LogP contribution in [0.25, 0.3) is 0 Å². The molecule has 1 N–H and O–H groups in total. The molecule has 194 valence electrons. The van der Waals surface area contributed by atoms with Crippen molar-refractivity contribution in [3.8, 4) is 5.75 Å². The summed E-state index contributed by atoms with van der Waals surface area (Å²) in [6.07, 6.45) is -1.82. The van der Waals surface area contributed by atoms with Crippen molar-refractivity contribution in [1.82, 2.24) is 9.30 Å². The van der Waals surface area contributed by atoms with Crippen LogP contribution < -0.4 is 14.0 Å². The van der Waals surface area contributed by atoms with Gasteiger partial charge in [0.05, 0.1) is 17.9 Å². The van der Waals surface area contributed by atoms with Crippen LogP contribution in [0.1, 0.15) is 24.0 Å². The van der Waals surface area contributed by atoms with E-state index in [-0.39, 0.29) is 17.4 Å². The van der Waals surface area contributed by atoms with Gasteiger partial charge in [-0.25, -0.2) is 13.1 Å². The summed E-state index contributed by atoms with van der Waals surface area (Å²) in [7, 11) is -3.92. The Labute approximate surface area is 213 Å². The molecule has 0 spiro atoms. The molecular formula is C27H26F3N2O4S+. The lowest BCUT2D eigenvalue weighted by atomic mass is 9.99. The fourth-order valence-corrected chi connectivity index (χ4v) is 5.88. The number of nitrogens with one attached hydrogen (secondary N) is 1. The summed E-state index contributed by atoms with van der Waals surface area (Å²) in [6.45, 7) is 0.624. The number of sulfonamides is 1. The molecule has 2 aliphatic rings. The third-order valence-electron chi connectivity index (χ3n) is 6.57. The molecule has 1 atom stereocenters. The first-order valence-corrected chi connectivity index (χ1v) is 13.5. The van der Waals surface area contributed by atoms with Crippen molar-refractivity contribution in [2.24, 2.45) is 5.92 Å². The molecular weight excluding hydrogens is 505 g/mol. The molecule has 2 heterocycles. The number of aryl methyl sites for hydroxylation is 2. The van der Waals surface area contributed by atoms with Gasteiger partial charge in [-0.1, -0.05) is 36.4 Å². The zero-order chi connectivity index (χ0) is 26.0. The molecule has 0 aromatic heterocycles. The first-order chi connectivity index (χ1) is 17.7. The van der Waals surface area contributed by atoms with E-state index >= 15 is 0 Å². The third-order valence-corrected chi connectivity index (χ3v) is 8.01. The molecule has 0 aliphatic carbocycles. The van der Waals surface area contributed by atoms with E-state index in [0.29, 0.717) is 19.4 Å². The average Bonchev–Trinajstić information content (AvgIpc) is 3.04. The minimum absolute atomic E-state index is 0.0195. The maximum Gasteiger partial charge on any atom is 0.573 e. The molecule has 1 fully saturated rings. The number of alkyl halides is 3. The number of benzene rings is 3. The van der Waals surface area contributed by atoms with E-state index in [4.69, 9.17) is 4.74 Å². The highest BCUT2D eigenvalue weighted by Gasteiger charge is 2.34. The van der Waals surface area contributed by atoms with Gasteiger partial charge in [0.15, 0.2) is 0 Å². The maximum absolute atomic E-state index is 12.8. The summed E-state index contributed by atoms with van der Waals surface area (Å²) < 4.78 is 77.5. The smallest absolute Gasteiger partial charge is 0.447 e. The fraction of sp³-hybridized carbons (Fsp3) is 0.296. The van der Waals surface area contributed by atoms with E-state index in [2.05, 4.69) is 38.3 Å². The minimum Gasteiger partial charge on any atom is -0.447 e. The number of ether oxygens (including phenoxy) is 2. The van der Waals surface area contributed by atoms with Gasteiger partial charge in [0.25, 0.3) is 0 Å². The van der Waals surface area contributed by atoms with Gasteiger partial charge in [-0.05, 0) is 49.4 Å². The molecule has 1 unspecified atom stereocenters. The molecule has 1 saturated heterocycles. The lowest BCUT2D eigenvalue weighted by molar-refractivity contribution is -0.274. The molecule has 0 saturated carbocycles. The van der Waals surface area contributed by atoms with Gasteiger partial charge in [-0.2, -0.15) is 0 Å². The van der Waals surface area contributed by atoms with Crippen LogP contribution in [0.15, 0.2) is 77.7 Å². The van der Waals surface area contributed by atoms with E-state index < -0.39 is 22.1 Å². The Hall–Kier alpha value is -3.37. The first-order valence-electron chi connectivity index (χ1n) is 12.0. The highest BCUT2D eigenvalue weighted by atomic mass is 32.2. The van der Waals surface area contributed by atoms with E-state index in [9.17, 15) is 21.6 Å². The molecule has 37 heavy (non-hydrogen) atoms. The summed E-state index contributed by atoms with van der Waals surface area (Å²) in [5.74, 6) is 0.271. The Morgan fingerprint density at radius 1 is 0.919 bits per heavy atom. The van der Waals surface area contributed by atoms with E-state index in [1.54, 1.807) is 0 Å². The molecule has 10 heteroatoms. The van der Waals surface area contributed by atoms with Crippen LogP contribution in [-0.2, 0) is 27.6 Å². The van der Waals surface area contributed by atoms with E-state index in [1.165, 1.54) is 11.1 Å². The summed E-state index contributed by atoms with van der Waals surface area (Å²) in [5.41, 5.74) is 4.56. The fourth-order valence-electron chi connectivity index (χ4n) is 4.76. The summed E-state index contributed by atoms with van der Waals surface area (Å²) >= 11 is 0. The Kier molecular flexibility index (Phi) is 6.96. The molecule has 0 amide bonds. The highest BCUT2D eigenvalue weighted by Crippen LogP contribution is 2.34. The molecule has 3 aromatic rings. The lowest BCUT2D eigenvalue weighted by Crippen LogP contribution is -2.36. The zero-order valence-electron chi connectivity index (χ0n) is 19.9. The van der Waals surface area contributed by atoms with Gasteiger partial charge >= 0.3 is 12.3 Å². The van der Waals surface area contributed by atoms with Crippen LogP contribution in [0, 0.1) is 5.92 Å². The molecule has 5 rings (SSSR count). The monoisotopic (exact) mass is 531 g/mol. The van der Waals surface area contributed by atoms with Crippen LogP contribution in [-0.4, -0.2) is 33.8 Å². The Balaban J connectivity index is 1.36. The maximum atomic E-state index is 12.8. The summed E-state index contributed by atoms with van der Waals surface area (Å²) in [5, 5.41) is 0. The van der Waals surface area contributed by atoms with E-state index in [0.717, 1.165) is 54.4 Å². The van der Waals surface area contributed by atoms with Crippen molar-refractivity contribution in [1.29, 1.82) is 0 Å². The van der Waals surface area contributed by atoms with Gasteiger partial charge in [-0.15, -0.1) is 17.7 Å². The number of halogens is 3. The molecule has 3 aromatic carbocycles. The molecule has 2 aliphatic heterocycles. The molecule has 0 bridgehead atoms. The number of para-hydroxylation sites is 2. The van der Waals surface area contributed by atoms with Gasteiger partial charge < -0.3 is 9.47 Å². The van der Waals surface area contributed by atoms with Crippen LogP contribution in [0.5, 0.6) is 5.75 Å². The lowest BCUT2D eigenvalue weighted by Gasteiger charge is -2.23. The normalized spacial score (nSPS) is 17.9. The summed E-state index contributed by atoms with van der Waals surface area (Å²) in [4.78, 5) is -0.131. The third kappa shape index (κ3) is 5.80. The first kappa shape index (κ1) is 25.3. The van der Waals surface area contributed by atoms with Crippen LogP contribution in [0.4, 0.5) is 24.5 Å². The number of rotatable bonds is 5. The second kappa shape index (κ2) is 10.2. The molecule has 6 nitrogen and oxygen atoms in total. The van der Waals surface area contributed by atoms with Crippen molar-refractivity contribution in [3.63, 3.8) is 0 Å². The average molecular weight is 532 g/mol. The number of nitrogens with zero attached hydrogens (tertiary/aromatic N) is 1. The van der Waals surface area contributed by atoms with Crippen LogP contribution in [0.3, 0.4) is 0 Å². The Bertz CT molecular complexity index is 1370. The van der Waals surface area contributed by atoms with Crippen molar-refractivity contribution in [3.05, 3.63) is 83.9 Å². The number of hydrogen-bond acceptors (Lipinski definition) is 4. The standard InChI is InChI=1S/C27H26F3N2O4S/c28-27(29,30)36-22-11-13-23(14-12-22)37(33,34)31-18-19-15-16-35-26(17-19)32-24-7-3-1-5-20(24)9-10-21-6-2-4-8-25(21)32/h1-8,11-14,19,31H,9-10,15-18H2/q+1. The number of fused-ring (bicyclic) bond motifs is 2. The van der Waals surface area contributed by atoms with E-state index in [1.807, 2.05) is 24.3 Å². The van der Waals surface area contributed by atoms with Gasteiger partial charge in [0, 0.05) is 29.8 Å². The predicted octanol–water partition coefficient (Wildman–Crippen LogP) is 5.32. The van der Waals surface area contributed by atoms with Crippen molar-refractivity contribution in [2.75, 3.05) is 13.2 Å². The van der Waals surface area contributed by atoms with Crippen LogP contribution in [0.2, 0.25) is 0 Å². The minimum atomic E-state index is -4.84. The van der Waals surface area contributed by atoms with Crippen molar-refractivity contribution >= 4 is 27.3 Å². The van der Waals surface area contributed by atoms with Gasteiger partial charge in [0.2, 0.25) is 21.4 Å². The quantitative estimate of drug-likeness (QED) is 0.453. The Morgan fingerprint density at radius 2 is 1.51 bits per heavy atom. The highest BCUT2D eigenvalue weighted by molar-refractivity contribution is 7.89. The second-order valence-corrected chi connectivity index (χ2v) is 10.8. The second-order valence-electron chi connectivity index (χ2n) is 9.06. The van der Waals surface area contributed by atoms with Crippen LogP contribution >= 0.6 is 0 Å². The van der Waals surface area contributed by atoms with Crippen molar-refractivity contribution < 1.29 is 31.1 Å². The Morgan fingerprint density at radius 3 is 2.11 bits per heavy atom. The van der Waals surface area contributed by atoms with Gasteiger partial charge in [0.1, 0.15) is 5.75 Å². The predicted molar refractivity (Wildman–Crippen MR) is 134 cm³/mol. The zero-order valence-corrected chi connectivity index (χ0v) is 20.7. The largest absolute Gasteiger partial charge is 0.573 e. The topological polar surface area (TPSA) is 67.6 Å². The summed E-state index contributed by atoms with van der Waals surface area (Å²) in [6, 6.07) is 20.6. The molecule has 0 radical (unpaired) electrons. The SMILES string of the molecule is O=S(=O)(NCC1CCOC(=[N+]2c3ccccc3CCc3ccccc32)C1)c1ccc(OC(F)(F)F)cc1. The van der Waals surface area contributed by atoms with Gasteiger partial charge in [-0.3, -0.25) is 0 Å². The number of hydrogen-bond donors (Lipinski definition) is 1. The van der Waals surface area contributed by atoms with Crippen molar-refractivity contribution in [2.45, 2.75) is 36.9 Å².